The number of imide groups is 1. The molecule has 1 fully saturated rings. The number of carbonyl (C=O) groups is 4. The van der Waals surface area contributed by atoms with E-state index in [1.165, 1.54) is 6.92 Å². The van der Waals surface area contributed by atoms with E-state index >= 15 is 0 Å². The second-order valence-electron chi connectivity index (χ2n) is 7.29. The van der Waals surface area contributed by atoms with Crippen LogP contribution >= 0.6 is 0 Å². The third-order valence-electron chi connectivity index (χ3n) is 5.43. The first-order valence-electron chi connectivity index (χ1n) is 9.93. The maximum Gasteiger partial charge on any atom is 0.327 e. The Morgan fingerprint density at radius 3 is 2.40 bits per heavy atom. The van der Waals surface area contributed by atoms with Crippen LogP contribution in [0.3, 0.4) is 0 Å². The van der Waals surface area contributed by atoms with E-state index in [1.807, 2.05) is 36.4 Å². The molecule has 1 aliphatic heterocycles. The predicted octanol–water partition coefficient (Wildman–Crippen LogP) is 2.82. The molecule has 30 heavy (non-hydrogen) atoms. The van der Waals surface area contributed by atoms with E-state index in [4.69, 9.17) is 4.74 Å². The van der Waals surface area contributed by atoms with Crippen molar-refractivity contribution in [3.63, 3.8) is 0 Å². The lowest BCUT2D eigenvalue weighted by molar-refractivity contribution is -0.155. The molecule has 1 aliphatic rings. The summed E-state index contributed by atoms with van der Waals surface area (Å²) in [7, 11) is 0. The van der Waals surface area contributed by atoms with Crippen molar-refractivity contribution in [2.24, 2.45) is 0 Å². The van der Waals surface area contributed by atoms with Crippen molar-refractivity contribution in [3.05, 3.63) is 42.5 Å². The van der Waals surface area contributed by atoms with Gasteiger partial charge in [-0.2, -0.15) is 0 Å². The zero-order valence-corrected chi connectivity index (χ0v) is 17.2. The minimum absolute atomic E-state index is 0.421. The molecule has 0 bridgehead atoms. The summed E-state index contributed by atoms with van der Waals surface area (Å²) in [6.07, 6.45) is -0.249. The maximum absolute atomic E-state index is 12.6. The topological polar surface area (TPSA) is 105 Å². The van der Waals surface area contributed by atoms with Gasteiger partial charge in [0, 0.05) is 5.69 Å². The molecule has 2 aromatic rings. The van der Waals surface area contributed by atoms with Crippen LogP contribution in [0.2, 0.25) is 0 Å². The van der Waals surface area contributed by atoms with E-state index in [-0.39, 0.29) is 0 Å². The van der Waals surface area contributed by atoms with Gasteiger partial charge in [0.05, 0.1) is 0 Å². The number of fused-ring (bicyclic) bond motifs is 1. The predicted molar refractivity (Wildman–Crippen MR) is 112 cm³/mol. The van der Waals surface area contributed by atoms with Crippen molar-refractivity contribution in [1.82, 2.24) is 10.2 Å². The first-order valence-corrected chi connectivity index (χ1v) is 9.93. The molecule has 8 nitrogen and oxygen atoms in total. The molecule has 0 aliphatic carbocycles. The molecule has 1 heterocycles. The number of rotatable bonds is 7. The number of benzene rings is 2. The van der Waals surface area contributed by atoms with E-state index in [0.717, 1.165) is 15.7 Å². The average Bonchev–Trinajstić information content (AvgIpc) is 2.98. The fourth-order valence-corrected chi connectivity index (χ4v) is 3.48. The van der Waals surface area contributed by atoms with Gasteiger partial charge in [-0.3, -0.25) is 19.3 Å². The SMILES string of the molecule is CCC1(CC)NC(=O)N(CC(=O)O[C@@H](C)C(=O)Nc2ccc3ccccc3c2)C1=O. The van der Waals surface area contributed by atoms with Crippen molar-refractivity contribution < 1.29 is 23.9 Å². The van der Waals surface area contributed by atoms with Gasteiger partial charge in [-0.15, -0.1) is 0 Å². The van der Waals surface area contributed by atoms with Crippen molar-refractivity contribution in [2.75, 3.05) is 11.9 Å². The summed E-state index contributed by atoms with van der Waals surface area (Å²) in [6, 6.07) is 12.6. The second-order valence-corrected chi connectivity index (χ2v) is 7.29. The Balaban J connectivity index is 1.59. The smallest absolute Gasteiger partial charge is 0.327 e. The van der Waals surface area contributed by atoms with Gasteiger partial charge in [-0.1, -0.05) is 44.2 Å². The Kier molecular flexibility index (Phi) is 6.05. The molecule has 2 N–H and O–H groups in total. The fraction of sp³-hybridized carbons (Fsp3) is 0.364. The van der Waals surface area contributed by atoms with Crippen LogP contribution in [0.15, 0.2) is 42.5 Å². The first kappa shape index (κ1) is 21.3. The van der Waals surface area contributed by atoms with Crippen molar-refractivity contribution in [3.8, 4) is 0 Å². The van der Waals surface area contributed by atoms with Crippen molar-refractivity contribution in [1.29, 1.82) is 0 Å². The highest BCUT2D eigenvalue weighted by atomic mass is 16.5. The van der Waals surface area contributed by atoms with Gasteiger partial charge in [0.15, 0.2) is 6.10 Å². The summed E-state index contributed by atoms with van der Waals surface area (Å²) in [5, 5.41) is 7.36. The van der Waals surface area contributed by atoms with Crippen LogP contribution < -0.4 is 10.6 Å². The first-order chi connectivity index (χ1) is 14.3. The average molecular weight is 411 g/mol. The molecular formula is C22H25N3O5. The Morgan fingerprint density at radius 1 is 1.10 bits per heavy atom. The molecule has 4 amide bonds. The molecule has 0 spiro atoms. The largest absolute Gasteiger partial charge is 0.451 e. The van der Waals surface area contributed by atoms with Crippen LogP contribution in [0.5, 0.6) is 0 Å². The Bertz CT molecular complexity index is 999. The van der Waals surface area contributed by atoms with Crippen molar-refractivity contribution >= 4 is 40.3 Å². The number of nitrogens with one attached hydrogen (secondary N) is 2. The zero-order chi connectivity index (χ0) is 21.9. The van der Waals surface area contributed by atoms with E-state index in [9.17, 15) is 19.2 Å². The zero-order valence-electron chi connectivity index (χ0n) is 17.2. The summed E-state index contributed by atoms with van der Waals surface area (Å²) in [5.41, 5.74) is -0.414. The van der Waals surface area contributed by atoms with E-state index < -0.39 is 42.0 Å². The highest BCUT2D eigenvalue weighted by Gasteiger charge is 2.49. The van der Waals surface area contributed by atoms with Gasteiger partial charge < -0.3 is 15.4 Å². The lowest BCUT2D eigenvalue weighted by Crippen LogP contribution is -2.46. The summed E-state index contributed by atoms with van der Waals surface area (Å²) in [4.78, 5) is 50.2. The number of esters is 1. The van der Waals surface area contributed by atoms with Crippen LogP contribution in [-0.2, 0) is 19.1 Å². The van der Waals surface area contributed by atoms with Gasteiger partial charge in [0.25, 0.3) is 11.8 Å². The minimum Gasteiger partial charge on any atom is -0.451 e. The highest BCUT2D eigenvalue weighted by molar-refractivity contribution is 6.08. The van der Waals surface area contributed by atoms with Crippen LogP contribution in [-0.4, -0.2) is 46.9 Å². The van der Waals surface area contributed by atoms with Crippen LogP contribution in [0.25, 0.3) is 10.8 Å². The monoisotopic (exact) mass is 411 g/mol. The van der Waals surface area contributed by atoms with Gasteiger partial charge in [-0.25, -0.2) is 4.79 Å². The molecule has 158 valence electrons. The third-order valence-corrected chi connectivity index (χ3v) is 5.43. The van der Waals surface area contributed by atoms with E-state index in [0.29, 0.717) is 18.5 Å². The van der Waals surface area contributed by atoms with Gasteiger partial charge >= 0.3 is 12.0 Å². The summed E-state index contributed by atoms with van der Waals surface area (Å²) >= 11 is 0. The summed E-state index contributed by atoms with van der Waals surface area (Å²) in [6.45, 7) is 4.48. The number of nitrogens with zero attached hydrogens (tertiary/aromatic N) is 1. The highest BCUT2D eigenvalue weighted by Crippen LogP contribution is 2.25. The Labute approximate surface area is 174 Å². The molecule has 0 radical (unpaired) electrons. The molecule has 0 aromatic heterocycles. The number of ether oxygens (including phenoxy) is 1. The number of hydrogen-bond acceptors (Lipinski definition) is 5. The lowest BCUT2D eigenvalue weighted by Gasteiger charge is -2.23. The quantitative estimate of drug-likeness (QED) is 0.538. The third kappa shape index (κ3) is 4.12. The standard InChI is InChI=1S/C22H25N3O5/c1-4-22(5-2)20(28)25(21(29)24-22)13-18(26)30-14(3)19(27)23-17-11-10-15-8-6-7-9-16(15)12-17/h6-12,14H,4-5,13H2,1-3H3,(H,23,27)(H,24,29)/t14-/m0/s1. The van der Waals surface area contributed by atoms with Gasteiger partial charge in [-0.05, 0) is 42.7 Å². The number of carbonyl (C=O) groups excluding carboxylic acids is 4. The molecule has 0 saturated carbocycles. The number of urea groups is 1. The normalized spacial score (nSPS) is 16.3. The minimum atomic E-state index is -1.09. The number of amides is 4. The van der Waals surface area contributed by atoms with Crippen molar-refractivity contribution in [2.45, 2.75) is 45.3 Å². The van der Waals surface area contributed by atoms with Crippen LogP contribution in [0.4, 0.5) is 10.5 Å². The molecule has 2 aromatic carbocycles. The number of hydrogen-bond donors (Lipinski definition) is 2. The fourth-order valence-electron chi connectivity index (χ4n) is 3.48. The molecule has 3 rings (SSSR count). The summed E-state index contributed by atoms with van der Waals surface area (Å²) in [5.74, 6) is -1.79. The maximum atomic E-state index is 12.6. The number of anilines is 1. The summed E-state index contributed by atoms with van der Waals surface area (Å²) < 4.78 is 5.14. The van der Waals surface area contributed by atoms with Crippen LogP contribution in [0.1, 0.15) is 33.6 Å². The molecule has 1 atom stereocenters. The Hall–Kier alpha value is -3.42. The molecular weight excluding hydrogens is 386 g/mol. The van der Waals surface area contributed by atoms with E-state index in [2.05, 4.69) is 10.6 Å². The Morgan fingerprint density at radius 2 is 1.77 bits per heavy atom. The molecule has 0 unspecified atom stereocenters. The van der Waals surface area contributed by atoms with E-state index in [1.54, 1.807) is 19.9 Å². The lowest BCUT2D eigenvalue weighted by atomic mass is 9.93. The second kappa shape index (κ2) is 8.52. The van der Waals surface area contributed by atoms with Gasteiger partial charge in [0.2, 0.25) is 0 Å². The molecule has 8 heteroatoms. The van der Waals surface area contributed by atoms with Crippen LogP contribution in [0, 0.1) is 0 Å². The van der Waals surface area contributed by atoms with Gasteiger partial charge in [0.1, 0.15) is 12.1 Å². The molecule has 1 saturated heterocycles.